The number of nitrogens with zero attached hydrogens (tertiary/aromatic N) is 1. The average Bonchev–Trinajstić information content (AvgIpc) is 2.62. The number of aromatic nitrogens is 2. The summed E-state index contributed by atoms with van der Waals surface area (Å²) in [6, 6.07) is 2.84. The summed E-state index contributed by atoms with van der Waals surface area (Å²) >= 11 is 5.56. The summed E-state index contributed by atoms with van der Waals surface area (Å²) in [5, 5.41) is 3.17. The van der Waals surface area contributed by atoms with Gasteiger partial charge in [0.25, 0.3) is 0 Å². The van der Waals surface area contributed by atoms with Crippen molar-refractivity contribution in [3.8, 4) is 11.4 Å². The average molecular weight is 265 g/mol. The standard InChI is InChI=1S/C9H4ClF3N2O2/c10-6-2-4(7-14-8(16)17-15-7)1-5(3-6)9(11,12)13/h1-3H,(H,14,15,16). The molecule has 0 amide bonds. The number of hydrogen-bond donors (Lipinski definition) is 1. The lowest BCUT2D eigenvalue weighted by molar-refractivity contribution is -0.137. The Labute approximate surface area is 97.0 Å². The van der Waals surface area contributed by atoms with Crippen LogP contribution < -0.4 is 5.76 Å². The third-order valence-electron chi connectivity index (χ3n) is 1.94. The van der Waals surface area contributed by atoms with E-state index < -0.39 is 17.5 Å². The third kappa shape index (κ3) is 2.50. The van der Waals surface area contributed by atoms with Gasteiger partial charge in [0.1, 0.15) is 0 Å². The van der Waals surface area contributed by atoms with Crippen molar-refractivity contribution in [3.05, 3.63) is 39.3 Å². The fourth-order valence-electron chi connectivity index (χ4n) is 1.24. The first-order chi connectivity index (χ1) is 7.86. The zero-order valence-electron chi connectivity index (χ0n) is 8.01. The van der Waals surface area contributed by atoms with Crippen LogP contribution in [0.5, 0.6) is 0 Å². The van der Waals surface area contributed by atoms with E-state index in [1.165, 1.54) is 6.07 Å². The minimum absolute atomic E-state index is 0.0238. The molecule has 0 aliphatic rings. The van der Waals surface area contributed by atoms with Crippen LogP contribution in [0.4, 0.5) is 13.2 Å². The van der Waals surface area contributed by atoms with E-state index in [1.54, 1.807) is 0 Å². The second-order valence-electron chi connectivity index (χ2n) is 3.17. The zero-order chi connectivity index (χ0) is 12.6. The molecule has 0 saturated carbocycles. The van der Waals surface area contributed by atoms with Crippen LogP contribution in [-0.4, -0.2) is 10.1 Å². The van der Waals surface area contributed by atoms with Gasteiger partial charge in [0, 0.05) is 10.6 Å². The monoisotopic (exact) mass is 264 g/mol. The first kappa shape index (κ1) is 11.7. The summed E-state index contributed by atoms with van der Waals surface area (Å²) in [4.78, 5) is 12.8. The van der Waals surface area contributed by atoms with E-state index in [0.29, 0.717) is 0 Å². The molecule has 0 atom stereocenters. The van der Waals surface area contributed by atoms with Gasteiger partial charge in [0.05, 0.1) is 5.56 Å². The van der Waals surface area contributed by atoms with Crippen molar-refractivity contribution < 1.29 is 17.7 Å². The smallest absolute Gasteiger partial charge is 0.296 e. The molecule has 0 radical (unpaired) electrons. The molecule has 2 aromatic rings. The molecule has 0 fully saturated rings. The lowest BCUT2D eigenvalue weighted by Crippen LogP contribution is -2.05. The third-order valence-corrected chi connectivity index (χ3v) is 2.16. The van der Waals surface area contributed by atoms with Gasteiger partial charge in [-0.1, -0.05) is 16.8 Å². The quantitative estimate of drug-likeness (QED) is 0.861. The normalized spacial score (nSPS) is 11.8. The predicted octanol–water partition coefficient (Wildman–Crippen LogP) is 2.70. The lowest BCUT2D eigenvalue weighted by atomic mass is 10.1. The van der Waals surface area contributed by atoms with Crippen molar-refractivity contribution in [1.82, 2.24) is 10.1 Å². The number of hydrogen-bond acceptors (Lipinski definition) is 3. The fraction of sp³-hybridized carbons (Fsp3) is 0.111. The van der Waals surface area contributed by atoms with Crippen LogP contribution in [0.2, 0.25) is 5.02 Å². The molecule has 0 aliphatic carbocycles. The lowest BCUT2D eigenvalue weighted by Gasteiger charge is -2.08. The van der Waals surface area contributed by atoms with Crippen molar-refractivity contribution >= 4 is 11.6 Å². The Morgan fingerprint density at radius 1 is 1.29 bits per heavy atom. The number of nitrogens with one attached hydrogen (secondary N) is 1. The Kier molecular flexibility index (Phi) is 2.70. The molecule has 0 aliphatic heterocycles. The molecule has 4 nitrogen and oxygen atoms in total. The highest BCUT2D eigenvalue weighted by atomic mass is 35.5. The van der Waals surface area contributed by atoms with Crippen LogP contribution in [0, 0.1) is 0 Å². The number of aromatic amines is 1. The highest BCUT2D eigenvalue weighted by molar-refractivity contribution is 6.30. The summed E-state index contributed by atoms with van der Waals surface area (Å²) in [6.45, 7) is 0. The molecule has 90 valence electrons. The molecule has 0 unspecified atom stereocenters. The topological polar surface area (TPSA) is 58.9 Å². The van der Waals surface area contributed by atoms with E-state index in [-0.39, 0.29) is 16.4 Å². The molecule has 17 heavy (non-hydrogen) atoms. The van der Waals surface area contributed by atoms with Crippen LogP contribution in [0.3, 0.4) is 0 Å². The van der Waals surface area contributed by atoms with E-state index >= 15 is 0 Å². The molecule has 0 saturated heterocycles. The number of benzene rings is 1. The molecule has 1 heterocycles. The van der Waals surface area contributed by atoms with Gasteiger partial charge in [0.2, 0.25) is 0 Å². The van der Waals surface area contributed by atoms with Gasteiger partial charge >= 0.3 is 11.9 Å². The van der Waals surface area contributed by atoms with Gasteiger partial charge < -0.3 is 0 Å². The maximum absolute atomic E-state index is 12.5. The largest absolute Gasteiger partial charge is 0.439 e. The Morgan fingerprint density at radius 2 is 2.00 bits per heavy atom. The van der Waals surface area contributed by atoms with Gasteiger partial charge in [0.15, 0.2) is 5.82 Å². The Morgan fingerprint density at radius 3 is 2.53 bits per heavy atom. The second-order valence-corrected chi connectivity index (χ2v) is 3.61. The van der Waals surface area contributed by atoms with Gasteiger partial charge in [-0.15, -0.1) is 0 Å². The van der Waals surface area contributed by atoms with E-state index in [9.17, 15) is 18.0 Å². The van der Waals surface area contributed by atoms with Crippen molar-refractivity contribution in [2.24, 2.45) is 0 Å². The van der Waals surface area contributed by atoms with E-state index in [1.807, 2.05) is 0 Å². The minimum atomic E-state index is -4.52. The first-order valence-electron chi connectivity index (χ1n) is 4.30. The van der Waals surface area contributed by atoms with Crippen molar-refractivity contribution in [1.29, 1.82) is 0 Å². The maximum atomic E-state index is 12.5. The molecule has 8 heteroatoms. The van der Waals surface area contributed by atoms with Crippen molar-refractivity contribution in [2.45, 2.75) is 6.18 Å². The van der Waals surface area contributed by atoms with E-state index in [4.69, 9.17) is 11.6 Å². The number of halogens is 4. The Hall–Kier alpha value is -1.76. The number of rotatable bonds is 1. The SMILES string of the molecule is O=c1[nH]c(-c2cc(Cl)cc(C(F)(F)F)c2)no1. The van der Waals surface area contributed by atoms with Crippen LogP contribution in [0.1, 0.15) is 5.56 Å². The molecule has 1 aromatic heterocycles. The first-order valence-corrected chi connectivity index (χ1v) is 4.68. The van der Waals surface area contributed by atoms with Crippen LogP contribution in [0.25, 0.3) is 11.4 Å². The summed E-state index contributed by atoms with van der Waals surface area (Å²) in [6.07, 6.45) is -4.52. The second kappa shape index (κ2) is 3.92. The molecule has 0 bridgehead atoms. The van der Waals surface area contributed by atoms with Gasteiger partial charge in [-0.05, 0) is 18.2 Å². The maximum Gasteiger partial charge on any atom is 0.439 e. The molecular formula is C9H4ClF3N2O2. The van der Waals surface area contributed by atoms with Crippen LogP contribution in [-0.2, 0) is 6.18 Å². The van der Waals surface area contributed by atoms with Gasteiger partial charge in [-0.3, -0.25) is 9.51 Å². The molecular weight excluding hydrogens is 261 g/mol. The highest BCUT2D eigenvalue weighted by Gasteiger charge is 2.31. The van der Waals surface area contributed by atoms with Gasteiger partial charge in [-0.2, -0.15) is 13.2 Å². The number of H-pyrrole nitrogens is 1. The van der Waals surface area contributed by atoms with Crippen LogP contribution >= 0.6 is 11.6 Å². The predicted molar refractivity (Wildman–Crippen MR) is 52.6 cm³/mol. The molecule has 1 N–H and O–H groups in total. The highest BCUT2D eigenvalue weighted by Crippen LogP contribution is 2.33. The summed E-state index contributed by atoms with van der Waals surface area (Å²) < 4.78 is 41.7. The molecule has 0 spiro atoms. The minimum Gasteiger partial charge on any atom is -0.296 e. The molecule has 2 rings (SSSR count). The number of alkyl halides is 3. The zero-order valence-corrected chi connectivity index (χ0v) is 8.76. The Balaban J connectivity index is 2.56. The van der Waals surface area contributed by atoms with Crippen molar-refractivity contribution in [3.63, 3.8) is 0 Å². The van der Waals surface area contributed by atoms with Gasteiger partial charge in [-0.25, -0.2) is 4.79 Å². The fourth-order valence-corrected chi connectivity index (χ4v) is 1.48. The van der Waals surface area contributed by atoms with E-state index in [2.05, 4.69) is 14.7 Å². The van der Waals surface area contributed by atoms with E-state index in [0.717, 1.165) is 12.1 Å². The van der Waals surface area contributed by atoms with Crippen LogP contribution in [0.15, 0.2) is 27.5 Å². The summed E-state index contributed by atoms with van der Waals surface area (Å²) in [7, 11) is 0. The summed E-state index contributed by atoms with van der Waals surface area (Å²) in [5.74, 6) is -0.962. The van der Waals surface area contributed by atoms with Crippen molar-refractivity contribution in [2.75, 3.05) is 0 Å². The molecule has 1 aromatic carbocycles. The summed E-state index contributed by atoms with van der Waals surface area (Å²) in [5.41, 5.74) is -0.903. The Bertz CT molecular complexity index is 603.